The highest BCUT2D eigenvalue weighted by Gasteiger charge is 2.25. The number of allylic oxidation sites excluding steroid dienone is 1. The molecule has 6 heteroatoms. The van der Waals surface area contributed by atoms with Crippen molar-refractivity contribution >= 4 is 16.8 Å². The van der Waals surface area contributed by atoms with Crippen LogP contribution in [-0.2, 0) is 6.54 Å². The average Bonchev–Trinajstić information content (AvgIpc) is 3.15. The van der Waals surface area contributed by atoms with Crippen LogP contribution in [-0.4, -0.2) is 25.6 Å². The predicted molar refractivity (Wildman–Crippen MR) is 96.6 cm³/mol. The van der Waals surface area contributed by atoms with Gasteiger partial charge in [0.2, 0.25) is 0 Å². The van der Waals surface area contributed by atoms with Crippen molar-refractivity contribution in [3.8, 4) is 11.5 Å². The van der Waals surface area contributed by atoms with E-state index >= 15 is 0 Å². The van der Waals surface area contributed by atoms with Gasteiger partial charge in [0.15, 0.2) is 5.17 Å². The molecule has 1 fully saturated rings. The fourth-order valence-electron chi connectivity index (χ4n) is 3.34. The largest absolute Gasteiger partial charge is 0.497 e. The van der Waals surface area contributed by atoms with Crippen LogP contribution in [0.15, 0.2) is 34.9 Å². The topological polar surface area (TPSA) is 54.9 Å². The molecule has 0 aromatic heterocycles. The Kier molecular flexibility index (Phi) is 5.63. The Bertz CT molecular complexity index is 639. The molecule has 2 N–H and O–H groups in total. The summed E-state index contributed by atoms with van der Waals surface area (Å²) in [5.74, 6) is 2.13. The zero-order valence-corrected chi connectivity index (χ0v) is 14.9. The smallest absolute Gasteiger partial charge is 0.152 e. The van der Waals surface area contributed by atoms with Crippen LogP contribution in [0.3, 0.4) is 0 Å². The van der Waals surface area contributed by atoms with Gasteiger partial charge in [-0.1, -0.05) is 30.5 Å². The number of ether oxygens (including phenoxy) is 2. The summed E-state index contributed by atoms with van der Waals surface area (Å²) in [6.45, 7) is 0.659. The maximum Gasteiger partial charge on any atom is 0.152 e. The molecule has 2 aliphatic rings. The van der Waals surface area contributed by atoms with Gasteiger partial charge in [-0.05, 0) is 36.5 Å². The third-order valence-corrected chi connectivity index (χ3v) is 4.99. The quantitative estimate of drug-likeness (QED) is 0.826. The first-order valence-electron chi connectivity index (χ1n) is 8.36. The lowest BCUT2D eigenvalue weighted by molar-refractivity contribution is 0.388. The van der Waals surface area contributed by atoms with Crippen molar-refractivity contribution in [1.29, 1.82) is 0 Å². The van der Waals surface area contributed by atoms with E-state index in [9.17, 15) is 0 Å². The molecule has 1 aliphatic heterocycles. The zero-order valence-electron chi connectivity index (χ0n) is 14.1. The Hall–Kier alpha value is -1.72. The van der Waals surface area contributed by atoms with Gasteiger partial charge in [-0.15, -0.1) is 0 Å². The second-order valence-electron chi connectivity index (χ2n) is 6.17. The molecule has 24 heavy (non-hydrogen) atoms. The number of nitrogens with zero attached hydrogens (tertiary/aromatic N) is 1. The van der Waals surface area contributed by atoms with Gasteiger partial charge in [0.1, 0.15) is 17.7 Å². The van der Waals surface area contributed by atoms with Crippen LogP contribution in [0.5, 0.6) is 11.5 Å². The van der Waals surface area contributed by atoms with Gasteiger partial charge in [0, 0.05) is 18.2 Å². The van der Waals surface area contributed by atoms with Gasteiger partial charge in [0.05, 0.1) is 14.2 Å². The van der Waals surface area contributed by atoms with Crippen LogP contribution in [0.25, 0.3) is 0 Å². The van der Waals surface area contributed by atoms with Crippen molar-refractivity contribution in [3.05, 3.63) is 35.4 Å². The molecule has 1 aromatic rings. The molecule has 0 spiro atoms. The molecule has 1 aromatic carbocycles. The summed E-state index contributed by atoms with van der Waals surface area (Å²) in [5, 5.41) is 8.32. The molecule has 1 atom stereocenters. The molecule has 0 amide bonds. The summed E-state index contributed by atoms with van der Waals surface area (Å²) in [4.78, 5) is 0. The number of halogens is 1. The lowest BCUT2D eigenvalue weighted by atomic mass is 9.96. The van der Waals surface area contributed by atoms with Gasteiger partial charge in [-0.3, -0.25) is 10.7 Å². The van der Waals surface area contributed by atoms with Crippen LogP contribution in [0.1, 0.15) is 31.2 Å². The van der Waals surface area contributed by atoms with Crippen LogP contribution < -0.4 is 20.2 Å². The maximum absolute atomic E-state index is 6.28. The van der Waals surface area contributed by atoms with Gasteiger partial charge in [-0.2, -0.15) is 5.10 Å². The number of methoxy groups -OCH3 is 2. The van der Waals surface area contributed by atoms with Gasteiger partial charge < -0.3 is 9.47 Å². The monoisotopic (exact) mass is 349 g/mol. The molecule has 1 unspecified atom stereocenters. The lowest BCUT2D eigenvalue weighted by Gasteiger charge is -2.24. The van der Waals surface area contributed by atoms with Gasteiger partial charge >= 0.3 is 0 Å². The lowest BCUT2D eigenvalue weighted by Crippen LogP contribution is -2.41. The number of benzene rings is 1. The number of hydrogen-bond acceptors (Lipinski definition) is 5. The number of hydrogen-bond donors (Lipinski definition) is 2. The minimum Gasteiger partial charge on any atom is -0.497 e. The zero-order chi connectivity index (χ0) is 16.9. The minimum atomic E-state index is -0.0325. The van der Waals surface area contributed by atoms with E-state index in [0.29, 0.717) is 17.6 Å². The summed E-state index contributed by atoms with van der Waals surface area (Å²) in [6.07, 6.45) is 7.10. The van der Waals surface area contributed by atoms with E-state index in [1.165, 1.54) is 31.3 Å². The first kappa shape index (κ1) is 17.1. The van der Waals surface area contributed by atoms with Crippen molar-refractivity contribution < 1.29 is 9.47 Å². The highest BCUT2D eigenvalue weighted by atomic mass is 35.5. The highest BCUT2D eigenvalue weighted by Crippen LogP contribution is 2.33. The van der Waals surface area contributed by atoms with Crippen LogP contribution in [0.2, 0.25) is 0 Å². The van der Waals surface area contributed by atoms with E-state index in [0.717, 1.165) is 17.1 Å². The molecule has 1 aliphatic carbocycles. The molecule has 1 saturated carbocycles. The number of hydrazone groups is 1. The first-order valence-corrected chi connectivity index (χ1v) is 8.74. The van der Waals surface area contributed by atoms with Gasteiger partial charge in [0.25, 0.3) is 0 Å². The minimum absolute atomic E-state index is 0.0325. The van der Waals surface area contributed by atoms with E-state index in [-0.39, 0.29) is 6.17 Å². The van der Waals surface area contributed by atoms with E-state index in [1.54, 1.807) is 14.2 Å². The molecule has 0 bridgehead atoms. The second-order valence-corrected chi connectivity index (χ2v) is 6.53. The summed E-state index contributed by atoms with van der Waals surface area (Å²) in [5.41, 5.74) is 5.30. The molecule has 3 rings (SSSR count). The standard InChI is InChI=1S/C18H24ClN3O2/c1-23-14-8-7-13(16(9-14)24-2)11-20-17-10-15(18(19)22-21-17)12-5-3-4-6-12/h7-10,12,17,20-21H,3-6,11H2,1-2H3. The van der Waals surface area contributed by atoms with Crippen molar-refractivity contribution in [2.75, 3.05) is 14.2 Å². The number of nitrogens with one attached hydrogen (secondary N) is 2. The predicted octanol–water partition coefficient (Wildman–Crippen LogP) is 3.39. The van der Waals surface area contributed by atoms with Crippen molar-refractivity contribution in [2.45, 2.75) is 38.4 Å². The third-order valence-electron chi connectivity index (χ3n) is 4.69. The Morgan fingerprint density at radius 2 is 2.04 bits per heavy atom. The molecular weight excluding hydrogens is 326 g/mol. The summed E-state index contributed by atoms with van der Waals surface area (Å²) < 4.78 is 10.7. The van der Waals surface area contributed by atoms with Crippen LogP contribution in [0, 0.1) is 5.92 Å². The SMILES string of the molecule is COc1ccc(CNC2C=C(C3CCCC3)C(Cl)=NN2)c(OC)c1. The van der Waals surface area contributed by atoms with E-state index < -0.39 is 0 Å². The molecule has 0 radical (unpaired) electrons. The molecule has 0 saturated heterocycles. The average molecular weight is 350 g/mol. The number of rotatable bonds is 6. The molecule has 130 valence electrons. The van der Waals surface area contributed by atoms with E-state index in [1.807, 2.05) is 18.2 Å². The summed E-state index contributed by atoms with van der Waals surface area (Å²) >= 11 is 6.28. The van der Waals surface area contributed by atoms with Crippen LogP contribution >= 0.6 is 11.6 Å². The molecular formula is C18H24ClN3O2. The summed E-state index contributed by atoms with van der Waals surface area (Å²) in [7, 11) is 3.31. The van der Waals surface area contributed by atoms with Gasteiger partial charge in [-0.25, -0.2) is 0 Å². The Balaban J connectivity index is 1.66. The molecule has 5 nitrogen and oxygen atoms in total. The van der Waals surface area contributed by atoms with E-state index in [2.05, 4.69) is 21.9 Å². The van der Waals surface area contributed by atoms with Crippen molar-refractivity contribution in [3.63, 3.8) is 0 Å². The maximum atomic E-state index is 6.28. The van der Waals surface area contributed by atoms with Crippen molar-refractivity contribution in [2.24, 2.45) is 11.0 Å². The second kappa shape index (κ2) is 7.90. The fourth-order valence-corrected chi connectivity index (χ4v) is 3.61. The Morgan fingerprint density at radius 1 is 1.25 bits per heavy atom. The summed E-state index contributed by atoms with van der Waals surface area (Å²) in [6, 6.07) is 5.83. The normalized spacial score (nSPS) is 21.0. The van der Waals surface area contributed by atoms with Crippen molar-refractivity contribution in [1.82, 2.24) is 10.7 Å². The van der Waals surface area contributed by atoms with Crippen LogP contribution in [0.4, 0.5) is 0 Å². The first-order chi connectivity index (χ1) is 11.7. The van der Waals surface area contributed by atoms with E-state index in [4.69, 9.17) is 21.1 Å². The molecule has 1 heterocycles. The fraction of sp³-hybridized carbons (Fsp3) is 0.500. The Labute approximate surface area is 148 Å². The Morgan fingerprint density at radius 3 is 2.75 bits per heavy atom. The third kappa shape index (κ3) is 3.84. The highest BCUT2D eigenvalue weighted by molar-refractivity contribution is 6.69.